The molecule has 20 heavy (non-hydrogen) atoms. The molecule has 5 heteroatoms. The lowest BCUT2D eigenvalue weighted by Crippen LogP contribution is -2.42. The van der Waals surface area contributed by atoms with Crippen molar-refractivity contribution < 1.29 is 4.79 Å². The van der Waals surface area contributed by atoms with Crippen molar-refractivity contribution in [2.75, 3.05) is 25.0 Å². The van der Waals surface area contributed by atoms with Gasteiger partial charge in [-0.1, -0.05) is 0 Å². The van der Waals surface area contributed by atoms with Crippen molar-refractivity contribution in [2.45, 2.75) is 32.2 Å². The van der Waals surface area contributed by atoms with E-state index >= 15 is 0 Å². The number of anilines is 1. The molecule has 0 bridgehead atoms. The molecule has 108 valence electrons. The van der Waals surface area contributed by atoms with Gasteiger partial charge in [-0.15, -0.1) is 0 Å². The first-order valence-electron chi connectivity index (χ1n) is 7.49. The molecule has 1 saturated heterocycles. The Morgan fingerprint density at radius 2 is 2.20 bits per heavy atom. The number of hydrogen-bond donors (Lipinski definition) is 3. The number of pyridine rings is 1. The van der Waals surface area contributed by atoms with Crippen molar-refractivity contribution in [1.29, 1.82) is 0 Å². The largest absolute Gasteiger partial charge is 0.369 e. The van der Waals surface area contributed by atoms with Gasteiger partial charge in [-0.2, -0.15) is 0 Å². The summed E-state index contributed by atoms with van der Waals surface area (Å²) >= 11 is 0. The molecule has 1 aromatic rings. The van der Waals surface area contributed by atoms with Crippen LogP contribution in [-0.2, 0) is 6.42 Å². The van der Waals surface area contributed by atoms with Gasteiger partial charge in [0, 0.05) is 29.9 Å². The Balaban J connectivity index is 1.68. The van der Waals surface area contributed by atoms with E-state index in [1.165, 1.54) is 0 Å². The minimum atomic E-state index is 0.0402. The van der Waals surface area contributed by atoms with Gasteiger partial charge in [0.2, 0.25) is 0 Å². The van der Waals surface area contributed by atoms with E-state index in [0.29, 0.717) is 5.92 Å². The average Bonchev–Trinajstić information content (AvgIpc) is 2.96. The minimum absolute atomic E-state index is 0.0402. The topological polar surface area (TPSA) is 66.0 Å². The molecular formula is C15H22N4O. The second kappa shape index (κ2) is 5.79. The number of carbonyl (C=O) groups excluding carboxylic acids is 1. The molecule has 3 heterocycles. The summed E-state index contributed by atoms with van der Waals surface area (Å²) in [5.74, 6) is 1.48. The molecule has 0 radical (unpaired) electrons. The van der Waals surface area contributed by atoms with E-state index in [0.717, 1.165) is 55.8 Å². The van der Waals surface area contributed by atoms with Gasteiger partial charge >= 0.3 is 0 Å². The maximum Gasteiger partial charge on any atom is 0.251 e. The fraction of sp³-hybridized carbons (Fsp3) is 0.600. The number of carbonyl (C=O) groups is 1. The van der Waals surface area contributed by atoms with Crippen molar-refractivity contribution in [3.05, 3.63) is 23.4 Å². The van der Waals surface area contributed by atoms with E-state index in [9.17, 15) is 4.79 Å². The predicted octanol–water partition coefficient (Wildman–Crippen LogP) is 1.17. The number of hydrogen-bond acceptors (Lipinski definition) is 4. The number of amides is 1. The Bertz CT molecular complexity index is 497. The van der Waals surface area contributed by atoms with Crippen LogP contribution in [0.1, 0.15) is 35.7 Å². The van der Waals surface area contributed by atoms with E-state index in [1.54, 1.807) is 6.20 Å². The first-order chi connectivity index (χ1) is 9.75. The standard InChI is InChI=1S/C15H22N4O/c1-10(11-2-6-16-7-3-11)19-15(20)13-5-9-18-14-12(13)4-8-17-14/h5,9-11,16H,2-4,6-8H2,1H3,(H,17,18)(H,19,20)/t10-/m1/s1. The first-order valence-corrected chi connectivity index (χ1v) is 7.49. The lowest BCUT2D eigenvalue weighted by atomic mass is 9.91. The Morgan fingerprint density at radius 3 is 3.00 bits per heavy atom. The third-order valence-electron chi connectivity index (χ3n) is 4.42. The molecule has 1 fully saturated rings. The zero-order chi connectivity index (χ0) is 13.9. The molecule has 0 saturated carbocycles. The van der Waals surface area contributed by atoms with Crippen LogP contribution >= 0.6 is 0 Å². The molecule has 2 aliphatic rings. The fourth-order valence-corrected chi connectivity index (χ4v) is 3.16. The second-order valence-electron chi connectivity index (χ2n) is 5.71. The highest BCUT2D eigenvalue weighted by atomic mass is 16.1. The van der Waals surface area contributed by atoms with E-state index in [-0.39, 0.29) is 11.9 Å². The highest BCUT2D eigenvalue weighted by molar-refractivity contribution is 5.97. The van der Waals surface area contributed by atoms with Crippen LogP contribution in [0.4, 0.5) is 5.82 Å². The molecule has 3 rings (SSSR count). The molecule has 2 aliphatic heterocycles. The molecule has 1 aromatic heterocycles. The van der Waals surface area contributed by atoms with Gasteiger partial charge in [0.1, 0.15) is 5.82 Å². The average molecular weight is 274 g/mol. The summed E-state index contributed by atoms with van der Waals surface area (Å²) in [5, 5.41) is 9.75. The van der Waals surface area contributed by atoms with E-state index in [1.807, 2.05) is 6.07 Å². The maximum absolute atomic E-state index is 12.5. The molecule has 1 amide bonds. The zero-order valence-electron chi connectivity index (χ0n) is 11.9. The first kappa shape index (κ1) is 13.4. The van der Waals surface area contributed by atoms with Crippen molar-refractivity contribution in [2.24, 2.45) is 5.92 Å². The van der Waals surface area contributed by atoms with E-state index in [4.69, 9.17) is 0 Å². The lowest BCUT2D eigenvalue weighted by molar-refractivity contribution is 0.0920. The van der Waals surface area contributed by atoms with E-state index < -0.39 is 0 Å². The quantitative estimate of drug-likeness (QED) is 0.774. The fourth-order valence-electron chi connectivity index (χ4n) is 3.16. The maximum atomic E-state index is 12.5. The van der Waals surface area contributed by atoms with Crippen LogP contribution in [0.3, 0.4) is 0 Å². The summed E-state index contributed by atoms with van der Waals surface area (Å²) in [6.45, 7) is 5.10. The summed E-state index contributed by atoms with van der Waals surface area (Å²) in [6, 6.07) is 2.05. The van der Waals surface area contributed by atoms with Crippen LogP contribution in [0.2, 0.25) is 0 Å². The van der Waals surface area contributed by atoms with Gasteiger partial charge in [-0.25, -0.2) is 4.98 Å². The zero-order valence-corrected chi connectivity index (χ0v) is 11.9. The van der Waals surface area contributed by atoms with Crippen LogP contribution in [0, 0.1) is 5.92 Å². The predicted molar refractivity (Wildman–Crippen MR) is 79.0 cm³/mol. The minimum Gasteiger partial charge on any atom is -0.369 e. The SMILES string of the molecule is C[C@@H](NC(=O)c1ccnc2c1CCN2)C1CCNCC1. The van der Waals surface area contributed by atoms with Crippen molar-refractivity contribution >= 4 is 11.7 Å². The number of piperidine rings is 1. The van der Waals surface area contributed by atoms with Crippen LogP contribution in [0.5, 0.6) is 0 Å². The molecule has 5 nitrogen and oxygen atoms in total. The number of fused-ring (bicyclic) bond motifs is 1. The summed E-state index contributed by atoms with van der Waals surface area (Å²) in [4.78, 5) is 16.7. The van der Waals surface area contributed by atoms with E-state index in [2.05, 4.69) is 27.9 Å². The third kappa shape index (κ3) is 2.63. The molecular weight excluding hydrogens is 252 g/mol. The molecule has 3 N–H and O–H groups in total. The number of nitrogens with zero attached hydrogens (tertiary/aromatic N) is 1. The molecule has 1 atom stereocenters. The van der Waals surface area contributed by atoms with Gasteiger partial charge in [0.05, 0.1) is 0 Å². The lowest BCUT2D eigenvalue weighted by Gasteiger charge is -2.29. The van der Waals surface area contributed by atoms with Gasteiger partial charge in [0.25, 0.3) is 5.91 Å². The number of rotatable bonds is 3. The molecule has 0 aliphatic carbocycles. The van der Waals surface area contributed by atoms with Gasteiger partial charge < -0.3 is 16.0 Å². The number of nitrogens with one attached hydrogen (secondary N) is 3. The van der Waals surface area contributed by atoms with Gasteiger partial charge in [-0.05, 0) is 51.3 Å². The summed E-state index contributed by atoms with van der Waals surface area (Å²) in [6.07, 6.45) is 4.86. The Morgan fingerprint density at radius 1 is 1.40 bits per heavy atom. The van der Waals surface area contributed by atoms with Gasteiger partial charge in [-0.3, -0.25) is 4.79 Å². The molecule has 0 unspecified atom stereocenters. The molecule has 0 aromatic carbocycles. The van der Waals surface area contributed by atoms with Crippen LogP contribution in [0.25, 0.3) is 0 Å². The normalized spacial score (nSPS) is 20.1. The second-order valence-corrected chi connectivity index (χ2v) is 5.71. The Labute approximate surface area is 119 Å². The van der Waals surface area contributed by atoms with Crippen molar-refractivity contribution in [3.8, 4) is 0 Å². The highest BCUT2D eigenvalue weighted by Gasteiger charge is 2.24. The van der Waals surface area contributed by atoms with Crippen LogP contribution < -0.4 is 16.0 Å². The van der Waals surface area contributed by atoms with Crippen LogP contribution in [-0.4, -0.2) is 36.6 Å². The number of aromatic nitrogens is 1. The highest BCUT2D eigenvalue weighted by Crippen LogP contribution is 2.23. The smallest absolute Gasteiger partial charge is 0.251 e. The van der Waals surface area contributed by atoms with Crippen molar-refractivity contribution in [1.82, 2.24) is 15.6 Å². The van der Waals surface area contributed by atoms with Crippen LogP contribution in [0.15, 0.2) is 12.3 Å². The van der Waals surface area contributed by atoms with Gasteiger partial charge in [0.15, 0.2) is 0 Å². The Kier molecular flexibility index (Phi) is 3.87. The monoisotopic (exact) mass is 274 g/mol. The Hall–Kier alpha value is -1.62. The molecule has 0 spiro atoms. The third-order valence-corrected chi connectivity index (χ3v) is 4.42. The summed E-state index contributed by atoms with van der Waals surface area (Å²) in [5.41, 5.74) is 1.84. The summed E-state index contributed by atoms with van der Waals surface area (Å²) < 4.78 is 0. The van der Waals surface area contributed by atoms with Crippen molar-refractivity contribution in [3.63, 3.8) is 0 Å². The summed E-state index contributed by atoms with van der Waals surface area (Å²) in [7, 11) is 0.